The van der Waals surface area contributed by atoms with E-state index in [0.717, 1.165) is 15.6 Å². The Labute approximate surface area is 132 Å². The first-order valence-corrected chi connectivity index (χ1v) is 7.13. The van der Waals surface area contributed by atoms with Gasteiger partial charge in [0.1, 0.15) is 11.6 Å². The third-order valence-electron chi connectivity index (χ3n) is 2.80. The molecule has 0 heterocycles. The van der Waals surface area contributed by atoms with Gasteiger partial charge in [-0.3, -0.25) is 4.79 Å². The van der Waals surface area contributed by atoms with E-state index in [-0.39, 0.29) is 5.57 Å². The van der Waals surface area contributed by atoms with Crippen molar-refractivity contribution in [1.82, 2.24) is 0 Å². The van der Waals surface area contributed by atoms with Crippen molar-refractivity contribution in [3.05, 3.63) is 69.7 Å². The first-order valence-electron chi connectivity index (χ1n) is 6.34. The summed E-state index contributed by atoms with van der Waals surface area (Å²) in [5.74, 6) is -0.419. The molecule has 0 fully saturated rings. The highest BCUT2D eigenvalue weighted by molar-refractivity contribution is 9.10. The summed E-state index contributed by atoms with van der Waals surface area (Å²) in [5.41, 5.74) is 2.62. The number of hydrogen-bond donors (Lipinski definition) is 1. The Balaban J connectivity index is 2.21. The van der Waals surface area contributed by atoms with E-state index in [4.69, 9.17) is 0 Å². The minimum absolute atomic E-state index is 0.0700. The Morgan fingerprint density at radius 1 is 1.24 bits per heavy atom. The molecule has 0 aromatic heterocycles. The molecule has 1 N–H and O–H groups in total. The summed E-state index contributed by atoms with van der Waals surface area (Å²) in [6.07, 6.45) is 1.58. The number of nitriles is 1. The minimum atomic E-state index is -0.419. The van der Waals surface area contributed by atoms with Crippen LogP contribution in [-0.4, -0.2) is 5.91 Å². The Bertz CT molecular complexity index is 744. The molecule has 0 radical (unpaired) electrons. The summed E-state index contributed by atoms with van der Waals surface area (Å²) in [7, 11) is 0. The van der Waals surface area contributed by atoms with Crippen molar-refractivity contribution in [3.63, 3.8) is 0 Å². The van der Waals surface area contributed by atoms with E-state index in [0.29, 0.717) is 5.69 Å². The van der Waals surface area contributed by atoms with Crippen molar-refractivity contribution in [2.24, 2.45) is 0 Å². The van der Waals surface area contributed by atoms with E-state index in [1.807, 2.05) is 49.4 Å². The topological polar surface area (TPSA) is 52.9 Å². The first-order chi connectivity index (χ1) is 10.1. The second-order valence-corrected chi connectivity index (χ2v) is 5.46. The zero-order chi connectivity index (χ0) is 15.2. The fourth-order valence-corrected chi connectivity index (χ4v) is 2.24. The highest BCUT2D eigenvalue weighted by Gasteiger charge is 2.09. The number of benzene rings is 2. The second kappa shape index (κ2) is 6.87. The number of carbonyl (C=O) groups is 1. The van der Waals surface area contributed by atoms with E-state index < -0.39 is 5.91 Å². The van der Waals surface area contributed by atoms with Gasteiger partial charge in [-0.2, -0.15) is 5.26 Å². The summed E-state index contributed by atoms with van der Waals surface area (Å²) in [6.45, 7) is 1.96. The van der Waals surface area contributed by atoms with Gasteiger partial charge in [-0.05, 0) is 36.8 Å². The van der Waals surface area contributed by atoms with Crippen LogP contribution in [0.25, 0.3) is 6.08 Å². The van der Waals surface area contributed by atoms with Gasteiger partial charge in [-0.1, -0.05) is 51.8 Å². The van der Waals surface area contributed by atoms with Crippen LogP contribution in [0.15, 0.2) is 58.6 Å². The third kappa shape index (κ3) is 4.30. The molecule has 2 rings (SSSR count). The van der Waals surface area contributed by atoms with E-state index in [1.54, 1.807) is 18.2 Å². The van der Waals surface area contributed by atoms with Gasteiger partial charge in [-0.15, -0.1) is 0 Å². The number of hydrogen-bond acceptors (Lipinski definition) is 2. The van der Waals surface area contributed by atoms with Gasteiger partial charge in [-0.25, -0.2) is 0 Å². The third-order valence-corrected chi connectivity index (χ3v) is 3.29. The van der Waals surface area contributed by atoms with Crippen molar-refractivity contribution >= 4 is 33.6 Å². The molecule has 0 aliphatic rings. The molecule has 0 aliphatic heterocycles. The van der Waals surface area contributed by atoms with Gasteiger partial charge < -0.3 is 5.32 Å². The molecule has 0 bridgehead atoms. The zero-order valence-electron chi connectivity index (χ0n) is 11.4. The monoisotopic (exact) mass is 340 g/mol. The summed E-state index contributed by atoms with van der Waals surface area (Å²) in [5, 5.41) is 11.9. The molecule has 1 amide bonds. The molecule has 0 saturated heterocycles. The van der Waals surface area contributed by atoms with Crippen molar-refractivity contribution in [2.45, 2.75) is 6.92 Å². The normalized spacial score (nSPS) is 10.8. The first kappa shape index (κ1) is 15.0. The lowest BCUT2D eigenvalue weighted by atomic mass is 10.1. The van der Waals surface area contributed by atoms with Crippen LogP contribution >= 0.6 is 15.9 Å². The quantitative estimate of drug-likeness (QED) is 0.668. The maximum Gasteiger partial charge on any atom is 0.266 e. The van der Waals surface area contributed by atoms with Gasteiger partial charge in [0, 0.05) is 10.2 Å². The number of nitrogens with zero attached hydrogens (tertiary/aromatic N) is 1. The summed E-state index contributed by atoms with van der Waals surface area (Å²) in [4.78, 5) is 12.1. The molecule has 0 atom stereocenters. The van der Waals surface area contributed by atoms with Gasteiger partial charge in [0.25, 0.3) is 5.91 Å². The van der Waals surface area contributed by atoms with Crippen LogP contribution in [0, 0.1) is 18.3 Å². The Morgan fingerprint density at radius 2 is 2.00 bits per heavy atom. The molecule has 4 heteroatoms. The summed E-state index contributed by atoms with van der Waals surface area (Å²) < 4.78 is 0.862. The van der Waals surface area contributed by atoms with Crippen LogP contribution < -0.4 is 5.32 Å². The number of anilines is 1. The van der Waals surface area contributed by atoms with Crippen LogP contribution in [-0.2, 0) is 4.79 Å². The van der Waals surface area contributed by atoms with Crippen molar-refractivity contribution < 1.29 is 4.79 Å². The molecule has 0 spiro atoms. The minimum Gasteiger partial charge on any atom is -0.321 e. The highest BCUT2D eigenvalue weighted by atomic mass is 79.9. The lowest BCUT2D eigenvalue weighted by Gasteiger charge is -2.05. The highest BCUT2D eigenvalue weighted by Crippen LogP contribution is 2.17. The van der Waals surface area contributed by atoms with Crippen molar-refractivity contribution in [3.8, 4) is 6.07 Å². The maximum atomic E-state index is 12.1. The molecule has 3 nitrogen and oxygen atoms in total. The van der Waals surface area contributed by atoms with Crippen LogP contribution in [0.4, 0.5) is 5.69 Å². The molecule has 0 saturated carbocycles. The fraction of sp³-hybridized carbons (Fsp3) is 0.0588. The molecule has 2 aromatic carbocycles. The van der Waals surface area contributed by atoms with Gasteiger partial charge in [0.15, 0.2) is 0 Å². The number of nitrogens with one attached hydrogen (secondary N) is 1. The second-order valence-electron chi connectivity index (χ2n) is 4.55. The molecule has 0 aliphatic carbocycles. The number of halogens is 1. The Kier molecular flexibility index (Phi) is 4.91. The molecular formula is C17H13BrN2O. The number of aryl methyl sites for hydroxylation is 1. The smallest absolute Gasteiger partial charge is 0.266 e. The number of rotatable bonds is 3. The van der Waals surface area contributed by atoms with Gasteiger partial charge in [0.05, 0.1) is 0 Å². The molecule has 104 valence electrons. The standard InChI is InChI=1S/C17H13BrN2O/c1-12-4-2-5-13(8-12)9-14(11-19)17(21)20-16-7-3-6-15(18)10-16/h2-10H,1H3,(H,20,21). The maximum absolute atomic E-state index is 12.1. The zero-order valence-corrected chi connectivity index (χ0v) is 13.0. The largest absolute Gasteiger partial charge is 0.321 e. The predicted octanol–water partition coefficient (Wildman–Crippen LogP) is 4.30. The van der Waals surface area contributed by atoms with E-state index >= 15 is 0 Å². The molecular weight excluding hydrogens is 328 g/mol. The molecule has 2 aromatic rings. The van der Waals surface area contributed by atoms with Crippen molar-refractivity contribution in [2.75, 3.05) is 5.32 Å². The Hall–Kier alpha value is -2.38. The van der Waals surface area contributed by atoms with Crippen LogP contribution in [0.1, 0.15) is 11.1 Å². The summed E-state index contributed by atoms with van der Waals surface area (Å²) >= 11 is 3.34. The average Bonchev–Trinajstić information content (AvgIpc) is 2.44. The summed E-state index contributed by atoms with van der Waals surface area (Å²) in [6, 6.07) is 16.8. The van der Waals surface area contributed by atoms with Crippen LogP contribution in [0.2, 0.25) is 0 Å². The van der Waals surface area contributed by atoms with Crippen LogP contribution in [0.5, 0.6) is 0 Å². The fourth-order valence-electron chi connectivity index (χ4n) is 1.84. The van der Waals surface area contributed by atoms with Crippen LogP contribution in [0.3, 0.4) is 0 Å². The van der Waals surface area contributed by atoms with E-state index in [2.05, 4.69) is 21.2 Å². The lowest BCUT2D eigenvalue weighted by Crippen LogP contribution is -2.13. The van der Waals surface area contributed by atoms with Gasteiger partial charge >= 0.3 is 0 Å². The van der Waals surface area contributed by atoms with E-state index in [9.17, 15) is 10.1 Å². The lowest BCUT2D eigenvalue weighted by molar-refractivity contribution is -0.112. The number of carbonyl (C=O) groups excluding carboxylic acids is 1. The average molecular weight is 341 g/mol. The van der Waals surface area contributed by atoms with Gasteiger partial charge in [0.2, 0.25) is 0 Å². The molecule has 0 unspecified atom stereocenters. The molecule has 21 heavy (non-hydrogen) atoms. The van der Waals surface area contributed by atoms with E-state index in [1.165, 1.54) is 0 Å². The predicted molar refractivity (Wildman–Crippen MR) is 87.5 cm³/mol. The van der Waals surface area contributed by atoms with Crippen molar-refractivity contribution in [1.29, 1.82) is 5.26 Å². The number of amides is 1. The SMILES string of the molecule is Cc1cccc(C=C(C#N)C(=O)Nc2cccc(Br)c2)c1. The Morgan fingerprint density at radius 3 is 2.67 bits per heavy atom.